The first-order chi connectivity index (χ1) is 10.1. The van der Waals surface area contributed by atoms with Crippen LogP contribution in [-0.4, -0.2) is 21.2 Å². The lowest BCUT2D eigenvalue weighted by atomic mass is 10.2. The minimum absolute atomic E-state index is 0.153. The maximum Gasteiger partial charge on any atom is 0.333 e. The maximum atomic E-state index is 11.4. The van der Waals surface area contributed by atoms with Crippen molar-refractivity contribution in [3.63, 3.8) is 0 Å². The fraction of sp³-hybridized carbons (Fsp3) is 0.500. The summed E-state index contributed by atoms with van der Waals surface area (Å²) in [5.41, 5.74) is 0.647. The van der Waals surface area contributed by atoms with Gasteiger partial charge < -0.3 is 4.90 Å². The zero-order chi connectivity index (χ0) is 15.0. The number of aromatic nitrogens is 2. The van der Waals surface area contributed by atoms with Gasteiger partial charge in [0.15, 0.2) is 0 Å². The van der Waals surface area contributed by atoms with E-state index in [0.717, 1.165) is 19.4 Å². The smallest absolute Gasteiger partial charge is 0.333 e. The lowest BCUT2D eigenvalue weighted by molar-refractivity contribution is -0.384. The molecule has 21 heavy (non-hydrogen) atoms. The van der Waals surface area contributed by atoms with E-state index in [1.54, 1.807) is 22.9 Å². The van der Waals surface area contributed by atoms with Crippen LogP contribution >= 0.6 is 11.3 Å². The molecule has 0 unspecified atom stereocenters. The summed E-state index contributed by atoms with van der Waals surface area (Å²) < 4.78 is 1.76. The monoisotopic (exact) mass is 306 g/mol. The number of nitro groups is 1. The SMILES string of the molecule is CCn1nc(C)c([N+](=O)[O-])c1N1CCC[C@H]1c1cccs1. The third kappa shape index (κ3) is 2.31. The van der Waals surface area contributed by atoms with E-state index in [1.807, 2.05) is 13.0 Å². The van der Waals surface area contributed by atoms with E-state index in [1.165, 1.54) is 4.88 Å². The predicted molar refractivity (Wildman–Crippen MR) is 82.9 cm³/mol. The van der Waals surface area contributed by atoms with Crippen LogP contribution in [0.3, 0.4) is 0 Å². The molecule has 2 aromatic heterocycles. The Hall–Kier alpha value is -1.89. The molecule has 0 bridgehead atoms. The fourth-order valence-corrected chi connectivity index (χ4v) is 3.95. The summed E-state index contributed by atoms with van der Waals surface area (Å²) in [4.78, 5) is 14.6. The van der Waals surface area contributed by atoms with E-state index >= 15 is 0 Å². The maximum absolute atomic E-state index is 11.4. The molecule has 7 heteroatoms. The zero-order valence-corrected chi connectivity index (χ0v) is 13.0. The van der Waals surface area contributed by atoms with Crippen molar-refractivity contribution in [1.82, 2.24) is 9.78 Å². The lowest BCUT2D eigenvalue weighted by Crippen LogP contribution is -2.25. The van der Waals surface area contributed by atoms with Gasteiger partial charge in [-0.1, -0.05) is 6.07 Å². The van der Waals surface area contributed by atoms with E-state index < -0.39 is 0 Å². The second-order valence-electron chi connectivity index (χ2n) is 5.20. The van der Waals surface area contributed by atoms with Crippen molar-refractivity contribution < 1.29 is 4.92 Å². The normalized spacial score (nSPS) is 18.4. The van der Waals surface area contributed by atoms with Gasteiger partial charge in [-0.05, 0) is 38.1 Å². The Bertz CT molecular complexity index is 650. The molecule has 1 fully saturated rings. The Balaban J connectivity index is 2.08. The molecule has 0 saturated carbocycles. The van der Waals surface area contributed by atoms with Crippen LogP contribution < -0.4 is 4.90 Å². The van der Waals surface area contributed by atoms with Crippen LogP contribution in [0.25, 0.3) is 0 Å². The van der Waals surface area contributed by atoms with Crippen LogP contribution in [0.1, 0.15) is 36.4 Å². The molecule has 0 aromatic carbocycles. The summed E-state index contributed by atoms with van der Waals surface area (Å²) in [6, 6.07) is 4.37. The zero-order valence-electron chi connectivity index (χ0n) is 12.2. The summed E-state index contributed by atoms with van der Waals surface area (Å²) in [5, 5.41) is 17.9. The second-order valence-corrected chi connectivity index (χ2v) is 6.18. The highest BCUT2D eigenvalue weighted by atomic mass is 32.1. The number of hydrogen-bond donors (Lipinski definition) is 0. The van der Waals surface area contributed by atoms with Gasteiger partial charge in [0.2, 0.25) is 5.82 Å². The molecule has 0 amide bonds. The Morgan fingerprint density at radius 3 is 3.00 bits per heavy atom. The van der Waals surface area contributed by atoms with Crippen LogP contribution in [-0.2, 0) is 6.54 Å². The first-order valence-electron chi connectivity index (χ1n) is 7.15. The molecule has 0 aliphatic carbocycles. The van der Waals surface area contributed by atoms with Crippen molar-refractivity contribution >= 4 is 22.8 Å². The molecular formula is C14H18N4O2S. The molecule has 3 rings (SSSR count). The van der Waals surface area contributed by atoms with Crippen molar-refractivity contribution in [3.8, 4) is 0 Å². The van der Waals surface area contributed by atoms with E-state index in [2.05, 4.69) is 21.4 Å². The van der Waals surface area contributed by atoms with Crippen LogP contribution in [0.4, 0.5) is 11.5 Å². The molecule has 0 radical (unpaired) electrons. The molecule has 1 saturated heterocycles. The molecular weight excluding hydrogens is 288 g/mol. The molecule has 1 aliphatic rings. The molecule has 0 N–H and O–H groups in total. The number of rotatable bonds is 4. The molecule has 3 heterocycles. The van der Waals surface area contributed by atoms with Gasteiger partial charge in [0, 0.05) is 18.0 Å². The van der Waals surface area contributed by atoms with Gasteiger partial charge in [-0.2, -0.15) is 5.10 Å². The van der Waals surface area contributed by atoms with Crippen LogP contribution in [0.15, 0.2) is 17.5 Å². The summed E-state index contributed by atoms with van der Waals surface area (Å²) in [5.74, 6) is 0.663. The largest absolute Gasteiger partial charge is 0.343 e. The van der Waals surface area contributed by atoms with E-state index in [9.17, 15) is 10.1 Å². The molecule has 1 atom stereocenters. The van der Waals surface area contributed by atoms with Crippen molar-refractivity contribution in [2.24, 2.45) is 0 Å². The van der Waals surface area contributed by atoms with Crippen LogP contribution in [0.2, 0.25) is 0 Å². The van der Waals surface area contributed by atoms with Gasteiger partial charge in [0.25, 0.3) is 0 Å². The number of aryl methyl sites for hydroxylation is 2. The van der Waals surface area contributed by atoms with Crippen molar-refractivity contribution in [2.45, 2.75) is 39.3 Å². The highest BCUT2D eigenvalue weighted by Gasteiger charge is 2.36. The Kier molecular flexibility index (Phi) is 3.67. The molecule has 0 spiro atoms. The summed E-state index contributed by atoms with van der Waals surface area (Å²) >= 11 is 1.71. The van der Waals surface area contributed by atoms with Gasteiger partial charge in [-0.25, -0.2) is 4.68 Å². The standard InChI is InChI=1S/C14H18N4O2S/c1-3-17-14(13(18(19)20)10(2)15-17)16-8-4-6-11(16)12-7-5-9-21-12/h5,7,9,11H,3-4,6,8H2,1-2H3/t11-/m0/s1. The minimum Gasteiger partial charge on any atom is -0.343 e. The van der Waals surface area contributed by atoms with Gasteiger partial charge in [0.1, 0.15) is 5.69 Å². The van der Waals surface area contributed by atoms with Crippen molar-refractivity contribution in [1.29, 1.82) is 0 Å². The number of anilines is 1. The van der Waals surface area contributed by atoms with E-state index in [0.29, 0.717) is 18.1 Å². The molecule has 6 nitrogen and oxygen atoms in total. The second kappa shape index (κ2) is 5.48. The highest BCUT2D eigenvalue weighted by molar-refractivity contribution is 7.10. The van der Waals surface area contributed by atoms with Crippen LogP contribution in [0, 0.1) is 17.0 Å². The third-order valence-corrected chi connectivity index (χ3v) is 4.92. The topological polar surface area (TPSA) is 64.2 Å². The average Bonchev–Trinajstić information content (AvgIpc) is 3.16. The third-order valence-electron chi connectivity index (χ3n) is 3.95. The highest BCUT2D eigenvalue weighted by Crippen LogP contribution is 2.42. The van der Waals surface area contributed by atoms with E-state index in [4.69, 9.17) is 0 Å². The molecule has 1 aliphatic heterocycles. The summed E-state index contributed by atoms with van der Waals surface area (Å²) in [6.07, 6.45) is 2.08. The fourth-order valence-electron chi connectivity index (χ4n) is 3.08. The predicted octanol–water partition coefficient (Wildman–Crippen LogP) is 3.52. The van der Waals surface area contributed by atoms with Gasteiger partial charge in [0.05, 0.1) is 11.0 Å². The number of nitrogens with zero attached hydrogens (tertiary/aromatic N) is 4. The molecule has 2 aromatic rings. The van der Waals surface area contributed by atoms with E-state index in [-0.39, 0.29) is 16.7 Å². The Morgan fingerprint density at radius 1 is 1.57 bits per heavy atom. The number of hydrogen-bond acceptors (Lipinski definition) is 5. The summed E-state index contributed by atoms with van der Waals surface area (Å²) in [6.45, 7) is 5.16. The lowest BCUT2D eigenvalue weighted by Gasteiger charge is -2.25. The van der Waals surface area contributed by atoms with Gasteiger partial charge in [-0.3, -0.25) is 10.1 Å². The van der Waals surface area contributed by atoms with Gasteiger partial charge >= 0.3 is 5.69 Å². The first kappa shape index (κ1) is 14.1. The van der Waals surface area contributed by atoms with Crippen molar-refractivity contribution in [2.75, 3.05) is 11.4 Å². The Morgan fingerprint density at radius 2 is 2.38 bits per heavy atom. The first-order valence-corrected chi connectivity index (χ1v) is 8.03. The molecule has 112 valence electrons. The van der Waals surface area contributed by atoms with Crippen molar-refractivity contribution in [3.05, 3.63) is 38.2 Å². The Labute approximate surface area is 127 Å². The minimum atomic E-state index is -0.298. The van der Waals surface area contributed by atoms with Gasteiger partial charge in [-0.15, -0.1) is 11.3 Å². The summed E-state index contributed by atoms with van der Waals surface area (Å²) in [7, 11) is 0. The quantitative estimate of drug-likeness (QED) is 0.640. The average molecular weight is 306 g/mol. The van der Waals surface area contributed by atoms with Crippen LogP contribution in [0.5, 0.6) is 0 Å². The number of thiophene rings is 1.